The quantitative estimate of drug-likeness (QED) is 0.704. The third-order valence-electron chi connectivity index (χ3n) is 2.42. The molecule has 0 saturated heterocycles. The van der Waals surface area contributed by atoms with Gasteiger partial charge in [-0.1, -0.05) is 0 Å². The molecule has 2 aromatic rings. The van der Waals surface area contributed by atoms with Gasteiger partial charge in [-0.25, -0.2) is 4.98 Å². The highest BCUT2D eigenvalue weighted by Gasteiger charge is 2.28. The van der Waals surface area contributed by atoms with Crippen molar-refractivity contribution in [1.29, 1.82) is 0 Å². The first-order valence-corrected chi connectivity index (χ1v) is 5.06. The minimum absolute atomic E-state index is 0.163. The number of nitrogens with zero attached hydrogens (tertiary/aromatic N) is 3. The van der Waals surface area contributed by atoms with Crippen LogP contribution in [0, 0.1) is 0 Å². The topological polar surface area (TPSA) is 99.4 Å². The number of nitrogens with one attached hydrogen (secondary N) is 3. The number of hydrogen-bond donors (Lipinski definition) is 3. The average Bonchev–Trinajstić information content (AvgIpc) is 2.82. The van der Waals surface area contributed by atoms with Crippen LogP contribution in [0.1, 0.15) is 35.2 Å². The van der Waals surface area contributed by atoms with Gasteiger partial charge >= 0.3 is 0 Å². The van der Waals surface area contributed by atoms with E-state index in [1.807, 2.05) is 0 Å². The van der Waals surface area contributed by atoms with Crippen LogP contribution < -0.4 is 5.32 Å². The highest BCUT2D eigenvalue weighted by molar-refractivity contribution is 6.00. The Morgan fingerprint density at radius 1 is 1.44 bits per heavy atom. The molecule has 82 valence electrons. The zero-order valence-corrected chi connectivity index (χ0v) is 8.40. The molecule has 1 aliphatic rings. The van der Waals surface area contributed by atoms with Crippen LogP contribution in [-0.4, -0.2) is 31.3 Å². The number of H-pyrrole nitrogens is 2. The van der Waals surface area contributed by atoms with Crippen molar-refractivity contribution >= 4 is 11.7 Å². The lowest BCUT2D eigenvalue weighted by atomic mass is 10.4. The van der Waals surface area contributed by atoms with Gasteiger partial charge in [0.25, 0.3) is 5.91 Å². The molecule has 3 N–H and O–H groups in total. The summed E-state index contributed by atoms with van der Waals surface area (Å²) in [5.74, 6) is 1.61. The molecule has 1 saturated carbocycles. The van der Waals surface area contributed by atoms with Crippen LogP contribution in [-0.2, 0) is 0 Å². The number of carbonyl (C=O) groups excluding carboxylic acids is 1. The van der Waals surface area contributed by atoms with E-state index in [1.54, 1.807) is 12.3 Å². The molecule has 0 spiro atoms. The summed E-state index contributed by atoms with van der Waals surface area (Å²) in [6.45, 7) is 0. The molecule has 7 heteroatoms. The van der Waals surface area contributed by atoms with Gasteiger partial charge in [0.1, 0.15) is 11.6 Å². The maximum atomic E-state index is 11.7. The first kappa shape index (κ1) is 9.08. The molecule has 0 atom stereocenters. The molecule has 16 heavy (non-hydrogen) atoms. The molecular formula is C9H10N6O. The number of amides is 1. The van der Waals surface area contributed by atoms with Gasteiger partial charge in [-0.3, -0.25) is 15.0 Å². The van der Waals surface area contributed by atoms with Crippen LogP contribution in [0.3, 0.4) is 0 Å². The fourth-order valence-corrected chi connectivity index (χ4v) is 1.42. The van der Waals surface area contributed by atoms with Gasteiger partial charge in [0, 0.05) is 12.0 Å². The lowest BCUT2D eigenvalue weighted by molar-refractivity contribution is 0.101. The van der Waals surface area contributed by atoms with E-state index in [0.717, 1.165) is 18.7 Å². The Hall–Kier alpha value is -2.18. The van der Waals surface area contributed by atoms with E-state index in [0.29, 0.717) is 11.7 Å². The standard InChI is InChI=1S/C9H10N6O/c16-9(11-6-3-4-10-13-6)8-12-7(14-15-8)5-1-2-5/h3-5H,1-2H2,(H,12,14,15)(H2,10,11,13,16). The number of rotatable bonds is 3. The van der Waals surface area contributed by atoms with Gasteiger partial charge in [0.15, 0.2) is 0 Å². The fraction of sp³-hybridized carbons (Fsp3) is 0.333. The zero-order valence-electron chi connectivity index (χ0n) is 8.40. The van der Waals surface area contributed by atoms with Gasteiger partial charge in [-0.15, -0.1) is 5.10 Å². The lowest BCUT2D eigenvalue weighted by Crippen LogP contribution is -2.14. The van der Waals surface area contributed by atoms with Gasteiger partial charge in [0.2, 0.25) is 5.82 Å². The average molecular weight is 218 g/mol. The van der Waals surface area contributed by atoms with Crippen LogP contribution >= 0.6 is 0 Å². The van der Waals surface area contributed by atoms with E-state index < -0.39 is 0 Å². The molecule has 0 aliphatic heterocycles. The summed E-state index contributed by atoms with van der Waals surface area (Å²) in [4.78, 5) is 15.8. The number of hydrogen-bond acceptors (Lipinski definition) is 4. The largest absolute Gasteiger partial charge is 0.304 e. The number of aromatic nitrogens is 5. The fourth-order valence-electron chi connectivity index (χ4n) is 1.42. The first-order valence-electron chi connectivity index (χ1n) is 5.06. The van der Waals surface area contributed by atoms with E-state index in [9.17, 15) is 4.79 Å². The highest BCUT2D eigenvalue weighted by atomic mass is 16.2. The van der Waals surface area contributed by atoms with Gasteiger partial charge in [-0.05, 0) is 12.8 Å². The summed E-state index contributed by atoms with van der Waals surface area (Å²) in [6.07, 6.45) is 3.80. The normalized spacial score (nSPS) is 15.0. The van der Waals surface area contributed by atoms with E-state index in [1.165, 1.54) is 0 Å². The van der Waals surface area contributed by atoms with Crippen LogP contribution in [0.4, 0.5) is 5.82 Å². The summed E-state index contributed by atoms with van der Waals surface area (Å²) in [5.41, 5.74) is 0. The van der Waals surface area contributed by atoms with Gasteiger partial charge in [0.05, 0.1) is 6.20 Å². The van der Waals surface area contributed by atoms with E-state index in [4.69, 9.17) is 0 Å². The Bertz CT molecular complexity index is 498. The molecule has 0 aromatic carbocycles. The predicted molar refractivity (Wildman–Crippen MR) is 54.9 cm³/mol. The lowest BCUT2D eigenvalue weighted by Gasteiger charge is -1.96. The zero-order chi connectivity index (χ0) is 11.0. The summed E-state index contributed by atoms with van der Waals surface area (Å²) >= 11 is 0. The Morgan fingerprint density at radius 3 is 3.00 bits per heavy atom. The Balaban J connectivity index is 1.73. The minimum Gasteiger partial charge on any atom is -0.304 e. The third-order valence-corrected chi connectivity index (χ3v) is 2.42. The van der Waals surface area contributed by atoms with Gasteiger partial charge in [-0.2, -0.15) is 5.10 Å². The molecule has 3 rings (SSSR count). The molecule has 0 bridgehead atoms. The molecule has 0 unspecified atom stereocenters. The van der Waals surface area contributed by atoms with E-state index in [-0.39, 0.29) is 11.7 Å². The van der Waals surface area contributed by atoms with Crippen molar-refractivity contribution in [2.24, 2.45) is 0 Å². The summed E-state index contributed by atoms with van der Waals surface area (Å²) < 4.78 is 0. The smallest absolute Gasteiger partial charge is 0.296 e. The Morgan fingerprint density at radius 2 is 2.31 bits per heavy atom. The molecule has 0 radical (unpaired) electrons. The maximum absolute atomic E-state index is 11.7. The van der Waals surface area contributed by atoms with Crippen molar-refractivity contribution < 1.29 is 4.79 Å². The summed E-state index contributed by atoms with van der Waals surface area (Å²) in [7, 11) is 0. The van der Waals surface area contributed by atoms with Crippen molar-refractivity contribution in [2.75, 3.05) is 5.32 Å². The van der Waals surface area contributed by atoms with Crippen LogP contribution in [0.5, 0.6) is 0 Å². The maximum Gasteiger partial charge on any atom is 0.296 e. The number of anilines is 1. The van der Waals surface area contributed by atoms with E-state index >= 15 is 0 Å². The summed E-state index contributed by atoms with van der Waals surface area (Å²) in [5, 5.41) is 15.6. The minimum atomic E-state index is -0.340. The van der Waals surface area contributed by atoms with Crippen LogP contribution in [0.15, 0.2) is 12.3 Å². The first-order chi connectivity index (χ1) is 7.83. The summed E-state index contributed by atoms with van der Waals surface area (Å²) in [6, 6.07) is 1.66. The second-order valence-electron chi connectivity index (χ2n) is 3.74. The molecule has 7 nitrogen and oxygen atoms in total. The van der Waals surface area contributed by atoms with Crippen molar-refractivity contribution in [3.05, 3.63) is 23.9 Å². The Labute approximate surface area is 90.7 Å². The van der Waals surface area contributed by atoms with Gasteiger partial charge < -0.3 is 5.32 Å². The number of carbonyl (C=O) groups is 1. The highest BCUT2D eigenvalue weighted by Crippen LogP contribution is 2.37. The van der Waals surface area contributed by atoms with E-state index in [2.05, 4.69) is 30.7 Å². The SMILES string of the molecule is O=C(Nc1ccn[nH]1)c1n[nH]c(C2CC2)n1. The Kier molecular flexibility index (Phi) is 1.95. The molecule has 2 heterocycles. The van der Waals surface area contributed by atoms with Crippen molar-refractivity contribution in [3.8, 4) is 0 Å². The molecule has 1 amide bonds. The molecule has 2 aromatic heterocycles. The second kappa shape index (κ2) is 3.44. The van der Waals surface area contributed by atoms with Crippen molar-refractivity contribution in [2.45, 2.75) is 18.8 Å². The molecule has 1 fully saturated rings. The predicted octanol–water partition coefficient (Wildman–Crippen LogP) is 0.657. The monoisotopic (exact) mass is 218 g/mol. The van der Waals surface area contributed by atoms with Crippen molar-refractivity contribution in [1.82, 2.24) is 25.4 Å². The molecule has 1 aliphatic carbocycles. The van der Waals surface area contributed by atoms with Crippen LogP contribution in [0.25, 0.3) is 0 Å². The second-order valence-corrected chi connectivity index (χ2v) is 3.74. The number of aromatic amines is 2. The third kappa shape index (κ3) is 1.67. The molecular weight excluding hydrogens is 208 g/mol. The van der Waals surface area contributed by atoms with Crippen molar-refractivity contribution in [3.63, 3.8) is 0 Å². The van der Waals surface area contributed by atoms with Crippen LogP contribution in [0.2, 0.25) is 0 Å².